The summed E-state index contributed by atoms with van der Waals surface area (Å²) in [5.74, 6) is -0.665. The molecule has 3 aromatic rings. The molecule has 2 aromatic carbocycles. The van der Waals surface area contributed by atoms with Crippen LogP contribution >= 0.6 is 0 Å². The van der Waals surface area contributed by atoms with Crippen LogP contribution in [0.5, 0.6) is 0 Å². The summed E-state index contributed by atoms with van der Waals surface area (Å²) in [6.07, 6.45) is 0.778. The number of para-hydroxylation sites is 2. The molecule has 1 aliphatic rings. The largest absolute Gasteiger partial charge is 0.324 e. The van der Waals surface area contributed by atoms with E-state index < -0.39 is 5.56 Å². The number of aromatic nitrogens is 2. The first kappa shape index (κ1) is 19.6. The molecule has 30 heavy (non-hydrogen) atoms. The summed E-state index contributed by atoms with van der Waals surface area (Å²) in [6.45, 7) is 4.09. The molecule has 2 amide bonds. The molecule has 4 rings (SSSR count). The Morgan fingerprint density at radius 3 is 2.50 bits per heavy atom. The minimum absolute atomic E-state index is 0.131. The van der Waals surface area contributed by atoms with Crippen LogP contribution in [0.3, 0.4) is 0 Å². The van der Waals surface area contributed by atoms with Crippen molar-refractivity contribution in [2.24, 2.45) is 0 Å². The van der Waals surface area contributed by atoms with E-state index in [0.717, 1.165) is 39.2 Å². The summed E-state index contributed by atoms with van der Waals surface area (Å²) in [7, 11) is 0. The normalized spacial score (nSPS) is 12.5. The number of benzene rings is 2. The summed E-state index contributed by atoms with van der Waals surface area (Å²) >= 11 is 0. The SMILES string of the molecule is Cc1cccc(C)c1NC(=O)Cn1nc(C(=O)N2CCc3ccccc32)ccc1=O. The Morgan fingerprint density at radius 2 is 1.73 bits per heavy atom. The molecular formula is C23H22N4O3. The highest BCUT2D eigenvalue weighted by Crippen LogP contribution is 2.28. The molecule has 152 valence electrons. The second-order valence-electron chi connectivity index (χ2n) is 7.36. The predicted molar refractivity (Wildman–Crippen MR) is 115 cm³/mol. The van der Waals surface area contributed by atoms with Crippen LogP contribution < -0.4 is 15.8 Å². The maximum atomic E-state index is 13.0. The average molecular weight is 402 g/mol. The highest BCUT2D eigenvalue weighted by atomic mass is 16.2. The molecule has 0 atom stereocenters. The second kappa shape index (κ2) is 7.94. The van der Waals surface area contributed by atoms with Gasteiger partial charge in [-0.25, -0.2) is 4.68 Å². The second-order valence-corrected chi connectivity index (χ2v) is 7.36. The van der Waals surface area contributed by atoms with Crippen LogP contribution in [-0.4, -0.2) is 28.1 Å². The molecule has 0 fully saturated rings. The number of amides is 2. The fourth-order valence-corrected chi connectivity index (χ4v) is 3.69. The highest BCUT2D eigenvalue weighted by Gasteiger charge is 2.26. The fourth-order valence-electron chi connectivity index (χ4n) is 3.69. The number of fused-ring (bicyclic) bond motifs is 1. The lowest BCUT2D eigenvalue weighted by atomic mass is 10.1. The third-order valence-electron chi connectivity index (χ3n) is 5.26. The van der Waals surface area contributed by atoms with Crippen LogP contribution in [0.1, 0.15) is 27.2 Å². The lowest BCUT2D eigenvalue weighted by molar-refractivity contribution is -0.117. The van der Waals surface area contributed by atoms with Crippen molar-refractivity contribution in [2.75, 3.05) is 16.8 Å². The van der Waals surface area contributed by atoms with Gasteiger partial charge in [0.2, 0.25) is 5.91 Å². The van der Waals surface area contributed by atoms with Gasteiger partial charge in [-0.3, -0.25) is 14.4 Å². The summed E-state index contributed by atoms with van der Waals surface area (Å²) < 4.78 is 1.03. The van der Waals surface area contributed by atoms with Crippen molar-refractivity contribution in [3.63, 3.8) is 0 Å². The molecule has 0 saturated heterocycles. The Balaban J connectivity index is 1.55. The van der Waals surface area contributed by atoms with E-state index in [1.54, 1.807) is 4.90 Å². The molecule has 7 heteroatoms. The number of anilines is 2. The molecule has 1 aliphatic heterocycles. The third-order valence-corrected chi connectivity index (χ3v) is 5.26. The molecule has 1 aromatic heterocycles. The first-order chi connectivity index (χ1) is 14.4. The zero-order valence-electron chi connectivity index (χ0n) is 16.9. The Morgan fingerprint density at radius 1 is 1.00 bits per heavy atom. The monoisotopic (exact) mass is 402 g/mol. The van der Waals surface area contributed by atoms with E-state index in [4.69, 9.17) is 0 Å². The van der Waals surface area contributed by atoms with Crippen LogP contribution in [0.25, 0.3) is 0 Å². The van der Waals surface area contributed by atoms with Crippen molar-refractivity contribution in [2.45, 2.75) is 26.8 Å². The van der Waals surface area contributed by atoms with Crippen molar-refractivity contribution in [1.29, 1.82) is 0 Å². The number of carbonyl (C=O) groups is 2. The van der Waals surface area contributed by atoms with Gasteiger partial charge in [0.1, 0.15) is 12.2 Å². The van der Waals surface area contributed by atoms with Gasteiger partial charge < -0.3 is 10.2 Å². The lowest BCUT2D eigenvalue weighted by Gasteiger charge is -2.17. The molecule has 0 bridgehead atoms. The van der Waals surface area contributed by atoms with Crippen LogP contribution in [0.15, 0.2) is 59.4 Å². The zero-order chi connectivity index (χ0) is 21.3. The Bertz CT molecular complexity index is 1180. The van der Waals surface area contributed by atoms with Crippen molar-refractivity contribution in [3.8, 4) is 0 Å². The standard InChI is InChI=1S/C23H22N4O3/c1-15-6-5-7-16(2)22(15)24-20(28)14-27-21(29)11-10-18(25-27)23(30)26-13-12-17-8-3-4-9-19(17)26/h3-11H,12-14H2,1-2H3,(H,24,28). The molecule has 1 N–H and O–H groups in total. The first-order valence-corrected chi connectivity index (χ1v) is 9.78. The molecule has 0 spiro atoms. The van der Waals surface area contributed by atoms with Gasteiger partial charge in [-0.1, -0.05) is 36.4 Å². The number of rotatable bonds is 4. The zero-order valence-corrected chi connectivity index (χ0v) is 16.9. The Kier molecular flexibility index (Phi) is 5.18. The Hall–Kier alpha value is -3.74. The van der Waals surface area contributed by atoms with E-state index in [9.17, 15) is 14.4 Å². The van der Waals surface area contributed by atoms with Gasteiger partial charge in [-0.05, 0) is 49.1 Å². The fraction of sp³-hybridized carbons (Fsp3) is 0.217. The van der Waals surface area contributed by atoms with Crippen LogP contribution in [0.2, 0.25) is 0 Å². The molecule has 7 nitrogen and oxygen atoms in total. The molecule has 0 aliphatic carbocycles. The van der Waals surface area contributed by atoms with Gasteiger partial charge in [0.25, 0.3) is 11.5 Å². The van der Waals surface area contributed by atoms with Gasteiger partial charge in [-0.2, -0.15) is 5.10 Å². The number of aryl methyl sites for hydroxylation is 2. The van der Waals surface area contributed by atoms with Gasteiger partial charge in [0.05, 0.1) is 0 Å². The van der Waals surface area contributed by atoms with E-state index in [0.29, 0.717) is 6.54 Å². The number of carbonyl (C=O) groups excluding carboxylic acids is 2. The van der Waals surface area contributed by atoms with Crippen molar-refractivity contribution < 1.29 is 9.59 Å². The number of nitrogens with one attached hydrogen (secondary N) is 1. The Labute approximate surface area is 174 Å². The van der Waals surface area contributed by atoms with Crippen molar-refractivity contribution in [1.82, 2.24) is 9.78 Å². The summed E-state index contributed by atoms with van der Waals surface area (Å²) in [5.41, 5.74) is 4.23. The van der Waals surface area contributed by atoms with E-state index in [1.807, 2.05) is 56.3 Å². The van der Waals surface area contributed by atoms with Crippen LogP contribution in [-0.2, 0) is 17.8 Å². The minimum Gasteiger partial charge on any atom is -0.324 e. The quantitative estimate of drug-likeness (QED) is 0.727. The van der Waals surface area contributed by atoms with Crippen molar-refractivity contribution >= 4 is 23.2 Å². The topological polar surface area (TPSA) is 84.3 Å². The molecule has 0 radical (unpaired) electrons. The molecular weight excluding hydrogens is 380 g/mol. The number of hydrogen-bond acceptors (Lipinski definition) is 4. The third kappa shape index (κ3) is 3.74. The van der Waals surface area contributed by atoms with Gasteiger partial charge in [0.15, 0.2) is 0 Å². The highest BCUT2D eigenvalue weighted by molar-refractivity contribution is 6.06. The number of nitrogens with zero attached hydrogens (tertiary/aromatic N) is 3. The van der Waals surface area contributed by atoms with Gasteiger partial charge in [0, 0.05) is 24.0 Å². The maximum absolute atomic E-state index is 13.0. The van der Waals surface area contributed by atoms with Crippen LogP contribution in [0, 0.1) is 13.8 Å². The predicted octanol–water partition coefficient (Wildman–Crippen LogP) is 2.70. The summed E-state index contributed by atoms with van der Waals surface area (Å²) in [5, 5.41) is 7.01. The summed E-state index contributed by atoms with van der Waals surface area (Å²) in [6, 6.07) is 16.1. The minimum atomic E-state index is -0.440. The van der Waals surface area contributed by atoms with Crippen molar-refractivity contribution in [3.05, 3.63) is 87.3 Å². The van der Waals surface area contributed by atoms with Gasteiger partial charge in [-0.15, -0.1) is 0 Å². The van der Waals surface area contributed by atoms with E-state index in [1.165, 1.54) is 12.1 Å². The molecule has 0 unspecified atom stereocenters. The smallest absolute Gasteiger partial charge is 0.278 e. The number of hydrogen-bond donors (Lipinski definition) is 1. The molecule has 0 saturated carbocycles. The maximum Gasteiger partial charge on any atom is 0.278 e. The average Bonchev–Trinajstić information content (AvgIpc) is 3.16. The summed E-state index contributed by atoms with van der Waals surface area (Å²) in [4.78, 5) is 39.4. The van der Waals surface area contributed by atoms with E-state index in [-0.39, 0.29) is 24.1 Å². The first-order valence-electron chi connectivity index (χ1n) is 9.78. The van der Waals surface area contributed by atoms with Gasteiger partial charge >= 0.3 is 0 Å². The van der Waals surface area contributed by atoms with E-state index >= 15 is 0 Å². The van der Waals surface area contributed by atoms with E-state index in [2.05, 4.69) is 10.4 Å². The lowest BCUT2D eigenvalue weighted by Crippen LogP contribution is -2.34. The molecule has 2 heterocycles. The van der Waals surface area contributed by atoms with Crippen LogP contribution in [0.4, 0.5) is 11.4 Å².